The number of nitrogens with one attached hydrogen (secondary N) is 1. The molecule has 0 atom stereocenters. The summed E-state index contributed by atoms with van der Waals surface area (Å²) in [6.45, 7) is 1.93. The van der Waals surface area contributed by atoms with Gasteiger partial charge in [0.1, 0.15) is 5.71 Å². The lowest BCUT2D eigenvalue weighted by molar-refractivity contribution is -0.384. The van der Waals surface area contributed by atoms with E-state index < -0.39 is 4.92 Å². The van der Waals surface area contributed by atoms with Crippen LogP contribution in [0.5, 0.6) is 0 Å². The van der Waals surface area contributed by atoms with Crippen LogP contribution in [-0.4, -0.2) is 16.5 Å². The van der Waals surface area contributed by atoms with E-state index in [9.17, 15) is 14.9 Å². The molecule has 2 aromatic rings. The van der Waals surface area contributed by atoms with Gasteiger partial charge in [0.15, 0.2) is 0 Å². The third-order valence-corrected chi connectivity index (χ3v) is 3.17. The molecule has 3 rings (SSSR count). The Labute approximate surface area is 120 Å². The molecule has 1 aliphatic rings. The molecular formula is C15H11N3O3. The van der Waals surface area contributed by atoms with Crippen molar-refractivity contribution >= 4 is 28.7 Å². The van der Waals surface area contributed by atoms with E-state index in [2.05, 4.69) is 10.3 Å². The van der Waals surface area contributed by atoms with Crippen molar-refractivity contribution in [1.29, 1.82) is 0 Å². The number of fused-ring (bicyclic) bond motifs is 1. The Bertz CT molecular complexity index is 797. The number of hydrogen-bond acceptors (Lipinski definition) is 4. The molecule has 0 spiro atoms. The molecule has 0 fully saturated rings. The lowest BCUT2D eigenvalue weighted by Crippen LogP contribution is -2.13. The normalized spacial score (nSPS) is 14.9. The van der Waals surface area contributed by atoms with Gasteiger partial charge >= 0.3 is 0 Å². The monoisotopic (exact) mass is 281 g/mol. The van der Waals surface area contributed by atoms with Gasteiger partial charge in [-0.1, -0.05) is 12.1 Å². The van der Waals surface area contributed by atoms with Crippen molar-refractivity contribution in [2.24, 2.45) is 4.99 Å². The lowest BCUT2D eigenvalue weighted by atomic mass is 10.1. The Morgan fingerprint density at radius 2 is 2.00 bits per heavy atom. The molecule has 0 saturated carbocycles. The molecular weight excluding hydrogens is 270 g/mol. The van der Waals surface area contributed by atoms with E-state index in [1.165, 1.54) is 18.2 Å². The van der Waals surface area contributed by atoms with Crippen LogP contribution >= 0.6 is 0 Å². The number of hydrogen-bond donors (Lipinski definition) is 1. The molecule has 0 radical (unpaired) electrons. The first-order valence-corrected chi connectivity index (χ1v) is 6.30. The highest BCUT2D eigenvalue weighted by atomic mass is 16.6. The maximum Gasteiger partial charge on any atom is 0.275 e. The molecule has 104 valence electrons. The van der Waals surface area contributed by atoms with E-state index in [4.69, 9.17) is 0 Å². The number of carbonyl (C=O) groups excluding carboxylic acids is 1. The van der Waals surface area contributed by atoms with Gasteiger partial charge in [0.05, 0.1) is 16.3 Å². The van der Waals surface area contributed by atoms with E-state index in [1.807, 2.05) is 25.1 Å². The predicted molar refractivity (Wildman–Crippen MR) is 79.1 cm³/mol. The predicted octanol–water partition coefficient (Wildman–Crippen LogP) is 2.98. The highest BCUT2D eigenvalue weighted by Gasteiger charge is 2.28. The van der Waals surface area contributed by atoms with Crippen LogP contribution in [0, 0.1) is 17.0 Å². The van der Waals surface area contributed by atoms with Crippen molar-refractivity contribution < 1.29 is 9.72 Å². The van der Waals surface area contributed by atoms with Crippen molar-refractivity contribution in [2.45, 2.75) is 6.92 Å². The van der Waals surface area contributed by atoms with Crippen LogP contribution in [0.3, 0.4) is 0 Å². The van der Waals surface area contributed by atoms with Gasteiger partial charge in [-0.3, -0.25) is 14.9 Å². The Morgan fingerprint density at radius 1 is 1.19 bits per heavy atom. The summed E-state index contributed by atoms with van der Waals surface area (Å²) >= 11 is 0. The number of rotatable bonds is 2. The summed E-state index contributed by atoms with van der Waals surface area (Å²) in [4.78, 5) is 26.7. The molecule has 0 unspecified atom stereocenters. The van der Waals surface area contributed by atoms with Gasteiger partial charge in [-0.25, -0.2) is 4.99 Å². The van der Waals surface area contributed by atoms with Crippen molar-refractivity contribution in [1.82, 2.24) is 0 Å². The van der Waals surface area contributed by atoms with Crippen LogP contribution in [0.1, 0.15) is 11.1 Å². The molecule has 0 aromatic heterocycles. The van der Waals surface area contributed by atoms with E-state index in [1.54, 1.807) is 6.07 Å². The van der Waals surface area contributed by atoms with Crippen LogP contribution in [0.4, 0.5) is 17.1 Å². The standard InChI is InChI=1S/C15H11N3O3/c1-9-3-2-4-10(7-9)16-14-12-8-11(18(20)21)5-6-13(12)17-15(14)19/h2-8H,1H3,(H,16,17,19). The Morgan fingerprint density at radius 3 is 2.71 bits per heavy atom. The topological polar surface area (TPSA) is 84.6 Å². The first-order chi connectivity index (χ1) is 10.0. The quantitative estimate of drug-likeness (QED) is 0.678. The van der Waals surface area contributed by atoms with Crippen molar-refractivity contribution in [3.8, 4) is 0 Å². The minimum absolute atomic E-state index is 0.0674. The van der Waals surface area contributed by atoms with Crippen LogP contribution < -0.4 is 5.32 Å². The molecule has 6 nitrogen and oxygen atoms in total. The van der Waals surface area contributed by atoms with Gasteiger partial charge in [-0.15, -0.1) is 0 Å². The van der Waals surface area contributed by atoms with Gasteiger partial charge in [0.2, 0.25) is 0 Å². The van der Waals surface area contributed by atoms with Crippen LogP contribution in [0.15, 0.2) is 47.5 Å². The number of benzene rings is 2. The first-order valence-electron chi connectivity index (χ1n) is 6.30. The summed E-state index contributed by atoms with van der Waals surface area (Å²) in [5.41, 5.74) is 2.78. The van der Waals surface area contributed by atoms with Crippen molar-refractivity contribution in [3.63, 3.8) is 0 Å². The molecule has 0 saturated heterocycles. The zero-order valence-corrected chi connectivity index (χ0v) is 11.2. The number of non-ortho nitro benzene ring substituents is 1. The maximum atomic E-state index is 12.0. The van der Waals surface area contributed by atoms with Gasteiger partial charge in [-0.05, 0) is 30.7 Å². The first kappa shape index (κ1) is 13.0. The number of nitro benzene ring substituents is 1. The van der Waals surface area contributed by atoms with Gasteiger partial charge in [-0.2, -0.15) is 0 Å². The largest absolute Gasteiger partial charge is 0.320 e. The number of anilines is 1. The second-order valence-electron chi connectivity index (χ2n) is 4.74. The van der Waals surface area contributed by atoms with E-state index in [0.717, 1.165) is 5.56 Å². The summed E-state index contributed by atoms with van der Waals surface area (Å²) in [7, 11) is 0. The fourth-order valence-corrected chi connectivity index (χ4v) is 2.19. The number of aryl methyl sites for hydroxylation is 1. The van der Waals surface area contributed by atoms with Gasteiger partial charge < -0.3 is 5.32 Å². The smallest absolute Gasteiger partial charge is 0.275 e. The minimum Gasteiger partial charge on any atom is -0.320 e. The van der Waals surface area contributed by atoms with Crippen LogP contribution in [0.25, 0.3) is 0 Å². The van der Waals surface area contributed by atoms with Crippen LogP contribution in [-0.2, 0) is 4.79 Å². The summed E-state index contributed by atoms with van der Waals surface area (Å²) in [6.07, 6.45) is 0. The summed E-state index contributed by atoms with van der Waals surface area (Å²) in [5, 5.41) is 13.5. The molecule has 0 aliphatic carbocycles. The molecule has 1 N–H and O–H groups in total. The third-order valence-electron chi connectivity index (χ3n) is 3.17. The zero-order valence-electron chi connectivity index (χ0n) is 11.2. The summed E-state index contributed by atoms with van der Waals surface area (Å²) < 4.78 is 0. The molecule has 21 heavy (non-hydrogen) atoms. The molecule has 1 amide bonds. The molecule has 1 aliphatic heterocycles. The van der Waals surface area contributed by atoms with E-state index in [-0.39, 0.29) is 17.3 Å². The average molecular weight is 281 g/mol. The second-order valence-corrected chi connectivity index (χ2v) is 4.74. The fourth-order valence-electron chi connectivity index (χ4n) is 2.19. The van der Waals surface area contributed by atoms with Crippen molar-refractivity contribution in [3.05, 3.63) is 63.7 Å². The number of nitro groups is 1. The second kappa shape index (κ2) is 4.82. The highest BCUT2D eigenvalue weighted by Crippen LogP contribution is 2.29. The highest BCUT2D eigenvalue weighted by molar-refractivity contribution is 6.54. The van der Waals surface area contributed by atoms with Crippen molar-refractivity contribution in [2.75, 3.05) is 5.32 Å². The Kier molecular flexibility index (Phi) is 2.98. The summed E-state index contributed by atoms with van der Waals surface area (Å²) in [6, 6.07) is 11.6. The number of aliphatic imine (C=N–C) groups is 1. The summed E-state index contributed by atoms with van der Waals surface area (Å²) in [5.74, 6) is -0.355. The molecule has 0 bridgehead atoms. The number of carbonyl (C=O) groups is 1. The number of nitrogens with zero attached hydrogens (tertiary/aromatic N) is 2. The van der Waals surface area contributed by atoms with Gasteiger partial charge in [0.25, 0.3) is 11.6 Å². The third kappa shape index (κ3) is 2.38. The van der Waals surface area contributed by atoms with E-state index in [0.29, 0.717) is 16.9 Å². The maximum absolute atomic E-state index is 12.0. The SMILES string of the molecule is Cc1cccc(N=C2C(=O)Nc3ccc([N+](=O)[O-])cc32)c1. The lowest BCUT2D eigenvalue weighted by Gasteiger charge is -1.99. The molecule has 1 heterocycles. The average Bonchev–Trinajstić information content (AvgIpc) is 2.74. The molecule has 6 heteroatoms. The Hall–Kier alpha value is -3.02. The Balaban J connectivity index is 2.11. The zero-order chi connectivity index (χ0) is 15.0. The minimum atomic E-state index is -0.493. The van der Waals surface area contributed by atoms with Crippen LogP contribution in [0.2, 0.25) is 0 Å². The number of amides is 1. The van der Waals surface area contributed by atoms with Gasteiger partial charge in [0, 0.05) is 17.7 Å². The fraction of sp³-hybridized carbons (Fsp3) is 0.0667. The van der Waals surface area contributed by atoms with E-state index >= 15 is 0 Å². The molecule has 2 aromatic carbocycles.